The quantitative estimate of drug-likeness (QED) is 0.547. The third-order valence-electron chi connectivity index (χ3n) is 2.28. The number of imidazole rings is 1. The van der Waals surface area contributed by atoms with Crippen molar-refractivity contribution in [2.45, 2.75) is 17.6 Å². The number of nitrogen functional groups attached to an aromatic ring is 1. The number of aromatic amines is 1. The van der Waals surface area contributed by atoms with E-state index >= 15 is 0 Å². The number of nitrogens with one attached hydrogen (secondary N) is 1. The van der Waals surface area contributed by atoms with Gasteiger partial charge in [0.25, 0.3) is 0 Å². The van der Waals surface area contributed by atoms with Gasteiger partial charge in [-0.25, -0.2) is 15.0 Å². The monoisotopic (exact) mass is 268 g/mol. The fourth-order valence-electron chi connectivity index (χ4n) is 1.30. The molecule has 2 rings (SSSR count). The fraction of sp³-hybridized carbons (Fsp3) is 0.333. The molecule has 0 aromatic carbocycles. The van der Waals surface area contributed by atoms with E-state index in [2.05, 4.69) is 19.9 Å². The van der Waals surface area contributed by atoms with Crippen molar-refractivity contribution in [2.24, 2.45) is 5.73 Å². The molecule has 0 saturated carbocycles. The number of rotatable bonds is 5. The third-order valence-corrected chi connectivity index (χ3v) is 3.19. The van der Waals surface area contributed by atoms with Crippen molar-refractivity contribution in [2.75, 3.05) is 11.5 Å². The number of fused-ring (bicyclic) bond motifs is 1. The SMILES string of the molecule is Nc1ncnc2nc(SCCC(N)C(=O)O)[nH]c12. The van der Waals surface area contributed by atoms with Crippen LogP contribution in [0.2, 0.25) is 0 Å². The summed E-state index contributed by atoms with van der Waals surface area (Å²) in [6.07, 6.45) is 1.70. The highest BCUT2D eigenvalue weighted by atomic mass is 32.2. The van der Waals surface area contributed by atoms with Gasteiger partial charge in [0, 0.05) is 5.75 Å². The molecule has 18 heavy (non-hydrogen) atoms. The molecule has 0 amide bonds. The minimum atomic E-state index is -1.00. The summed E-state index contributed by atoms with van der Waals surface area (Å²) in [5.74, 6) is -0.127. The first kappa shape index (κ1) is 12.6. The van der Waals surface area contributed by atoms with Crippen molar-refractivity contribution in [1.29, 1.82) is 0 Å². The standard InChI is InChI=1S/C9H12N6O2S/c10-4(8(16)17)1-2-18-9-14-5-6(11)12-3-13-7(5)15-9/h3-4H,1-2,10H2,(H,16,17)(H3,11,12,13,14,15). The van der Waals surface area contributed by atoms with E-state index < -0.39 is 12.0 Å². The number of aliphatic carboxylic acids is 1. The molecule has 0 aliphatic carbocycles. The lowest BCUT2D eigenvalue weighted by molar-refractivity contribution is -0.138. The molecule has 9 heteroatoms. The van der Waals surface area contributed by atoms with Crippen LogP contribution in [0.25, 0.3) is 11.2 Å². The molecule has 0 bridgehead atoms. The Balaban J connectivity index is 2.00. The number of hydrogen-bond acceptors (Lipinski definition) is 7. The van der Waals surface area contributed by atoms with Crippen LogP contribution in [0.4, 0.5) is 5.82 Å². The predicted molar refractivity (Wildman–Crippen MR) is 67.0 cm³/mol. The molecule has 2 heterocycles. The molecule has 0 spiro atoms. The Bertz CT molecular complexity index is 571. The van der Waals surface area contributed by atoms with E-state index in [4.69, 9.17) is 16.6 Å². The number of anilines is 1. The summed E-state index contributed by atoms with van der Waals surface area (Å²) >= 11 is 1.37. The van der Waals surface area contributed by atoms with Gasteiger partial charge in [0.15, 0.2) is 16.6 Å². The zero-order valence-electron chi connectivity index (χ0n) is 9.33. The Morgan fingerprint density at radius 3 is 3.00 bits per heavy atom. The van der Waals surface area contributed by atoms with Gasteiger partial charge in [-0.1, -0.05) is 11.8 Å². The first-order valence-corrected chi connectivity index (χ1v) is 6.14. The van der Waals surface area contributed by atoms with Gasteiger partial charge in [0.1, 0.15) is 17.9 Å². The van der Waals surface area contributed by atoms with Crippen LogP contribution in [-0.2, 0) is 4.79 Å². The van der Waals surface area contributed by atoms with Crippen LogP contribution in [-0.4, -0.2) is 42.8 Å². The number of aromatic nitrogens is 4. The molecular weight excluding hydrogens is 256 g/mol. The van der Waals surface area contributed by atoms with E-state index in [1.165, 1.54) is 18.1 Å². The number of nitrogens with zero attached hydrogens (tertiary/aromatic N) is 3. The van der Waals surface area contributed by atoms with Gasteiger partial charge in [-0.2, -0.15) is 0 Å². The second-order valence-corrected chi connectivity index (χ2v) is 4.66. The summed E-state index contributed by atoms with van der Waals surface area (Å²) in [6, 6.07) is -0.855. The Hall–Kier alpha value is -1.87. The highest BCUT2D eigenvalue weighted by Gasteiger charge is 2.12. The number of carboxylic acids is 1. The van der Waals surface area contributed by atoms with E-state index in [1.54, 1.807) is 0 Å². The van der Waals surface area contributed by atoms with Gasteiger partial charge in [-0.05, 0) is 6.42 Å². The number of thioether (sulfide) groups is 1. The highest BCUT2D eigenvalue weighted by molar-refractivity contribution is 7.99. The fourth-order valence-corrected chi connectivity index (χ4v) is 2.19. The lowest BCUT2D eigenvalue weighted by Gasteiger charge is -2.03. The van der Waals surface area contributed by atoms with Gasteiger partial charge in [-0.3, -0.25) is 4.79 Å². The molecule has 0 saturated heterocycles. The van der Waals surface area contributed by atoms with Crippen molar-refractivity contribution in [3.8, 4) is 0 Å². The van der Waals surface area contributed by atoms with Crippen molar-refractivity contribution in [3.05, 3.63) is 6.33 Å². The van der Waals surface area contributed by atoms with Crippen molar-refractivity contribution in [3.63, 3.8) is 0 Å². The maximum absolute atomic E-state index is 10.5. The summed E-state index contributed by atoms with van der Waals surface area (Å²) in [7, 11) is 0. The Kier molecular flexibility index (Phi) is 3.63. The van der Waals surface area contributed by atoms with Gasteiger partial charge in [0.2, 0.25) is 0 Å². The molecule has 96 valence electrons. The van der Waals surface area contributed by atoms with E-state index in [-0.39, 0.29) is 0 Å². The molecule has 2 aromatic rings. The lowest BCUT2D eigenvalue weighted by atomic mass is 10.2. The van der Waals surface area contributed by atoms with Crippen LogP contribution in [0, 0.1) is 0 Å². The number of nitrogens with two attached hydrogens (primary N) is 2. The molecule has 1 atom stereocenters. The molecule has 0 radical (unpaired) electrons. The Morgan fingerprint density at radius 2 is 2.33 bits per heavy atom. The molecule has 0 aliphatic heterocycles. The number of carboxylic acid groups (broad SMARTS) is 1. The predicted octanol–water partition coefficient (Wildman–Crippen LogP) is -0.171. The van der Waals surface area contributed by atoms with Crippen molar-refractivity contribution in [1.82, 2.24) is 19.9 Å². The maximum Gasteiger partial charge on any atom is 0.320 e. The molecule has 0 fully saturated rings. The van der Waals surface area contributed by atoms with Crippen LogP contribution >= 0.6 is 11.8 Å². The van der Waals surface area contributed by atoms with Gasteiger partial charge in [-0.15, -0.1) is 0 Å². The highest BCUT2D eigenvalue weighted by Crippen LogP contribution is 2.21. The molecule has 2 aromatic heterocycles. The summed E-state index contributed by atoms with van der Waals surface area (Å²) in [5, 5.41) is 9.26. The minimum Gasteiger partial charge on any atom is -0.480 e. The first-order chi connectivity index (χ1) is 8.58. The first-order valence-electron chi connectivity index (χ1n) is 5.15. The number of carbonyl (C=O) groups is 1. The maximum atomic E-state index is 10.5. The zero-order chi connectivity index (χ0) is 13.1. The van der Waals surface area contributed by atoms with Crippen LogP contribution < -0.4 is 11.5 Å². The van der Waals surface area contributed by atoms with E-state index in [9.17, 15) is 4.79 Å². The molecule has 0 aliphatic rings. The normalized spacial score (nSPS) is 12.7. The molecule has 1 unspecified atom stereocenters. The lowest BCUT2D eigenvalue weighted by Crippen LogP contribution is -2.30. The zero-order valence-corrected chi connectivity index (χ0v) is 10.1. The summed E-state index contributed by atoms with van der Waals surface area (Å²) < 4.78 is 0. The van der Waals surface area contributed by atoms with Gasteiger partial charge in [0.05, 0.1) is 0 Å². The van der Waals surface area contributed by atoms with Crippen LogP contribution in [0.5, 0.6) is 0 Å². The van der Waals surface area contributed by atoms with Crippen LogP contribution in [0.3, 0.4) is 0 Å². The topological polar surface area (TPSA) is 144 Å². The average molecular weight is 268 g/mol. The Morgan fingerprint density at radius 1 is 1.56 bits per heavy atom. The largest absolute Gasteiger partial charge is 0.480 e. The molecule has 8 nitrogen and oxygen atoms in total. The van der Waals surface area contributed by atoms with Gasteiger partial charge >= 0.3 is 5.97 Å². The average Bonchev–Trinajstić information content (AvgIpc) is 2.73. The summed E-state index contributed by atoms with van der Waals surface area (Å²) in [6.45, 7) is 0. The smallest absolute Gasteiger partial charge is 0.320 e. The summed E-state index contributed by atoms with van der Waals surface area (Å²) in [5.41, 5.74) is 12.1. The summed E-state index contributed by atoms with van der Waals surface area (Å²) in [4.78, 5) is 25.5. The third kappa shape index (κ3) is 2.68. The van der Waals surface area contributed by atoms with Crippen molar-refractivity contribution >= 4 is 34.7 Å². The Labute approximate surface area is 106 Å². The number of hydrogen-bond donors (Lipinski definition) is 4. The second kappa shape index (κ2) is 5.19. The van der Waals surface area contributed by atoms with Crippen LogP contribution in [0.1, 0.15) is 6.42 Å². The van der Waals surface area contributed by atoms with Crippen molar-refractivity contribution < 1.29 is 9.90 Å². The second-order valence-electron chi connectivity index (χ2n) is 3.58. The van der Waals surface area contributed by atoms with E-state index in [1.807, 2.05) is 0 Å². The van der Waals surface area contributed by atoms with E-state index in [0.29, 0.717) is 34.3 Å². The minimum absolute atomic E-state index is 0.335. The van der Waals surface area contributed by atoms with Gasteiger partial charge < -0.3 is 21.6 Å². The molecule has 6 N–H and O–H groups in total. The van der Waals surface area contributed by atoms with E-state index in [0.717, 1.165) is 0 Å². The van der Waals surface area contributed by atoms with Crippen LogP contribution in [0.15, 0.2) is 11.5 Å². The number of H-pyrrole nitrogens is 1. The molecular formula is C9H12N6O2S.